The number of urea groups is 1. The topological polar surface area (TPSA) is 112 Å². The van der Waals surface area contributed by atoms with E-state index in [2.05, 4.69) is 16.0 Å². The third-order valence-corrected chi connectivity index (χ3v) is 4.73. The number of hydrogen-bond acceptors (Lipinski definition) is 6. The Balaban J connectivity index is 1.46. The minimum atomic E-state index is -0.587. The van der Waals surface area contributed by atoms with Crippen molar-refractivity contribution >= 4 is 29.4 Å². The van der Waals surface area contributed by atoms with Crippen molar-refractivity contribution in [2.45, 2.75) is 13.0 Å². The van der Waals surface area contributed by atoms with Crippen LogP contribution < -0.4 is 20.9 Å². The zero-order chi connectivity index (χ0) is 21.5. The van der Waals surface area contributed by atoms with Crippen molar-refractivity contribution in [1.82, 2.24) is 15.5 Å². The number of nitrogens with zero attached hydrogens (tertiary/aromatic N) is 2. The van der Waals surface area contributed by atoms with Crippen LogP contribution in [0.4, 0.5) is 25.4 Å². The van der Waals surface area contributed by atoms with Crippen LogP contribution in [-0.2, 0) is 14.3 Å². The van der Waals surface area contributed by atoms with Gasteiger partial charge in [-0.2, -0.15) is 0 Å². The molecule has 1 aromatic rings. The van der Waals surface area contributed by atoms with Gasteiger partial charge >= 0.3 is 12.1 Å². The van der Waals surface area contributed by atoms with Crippen molar-refractivity contribution in [3.8, 4) is 0 Å². The summed E-state index contributed by atoms with van der Waals surface area (Å²) in [5.74, 6) is -0.739. The largest absolute Gasteiger partial charge is 0.442 e. The van der Waals surface area contributed by atoms with E-state index in [1.807, 2.05) is 0 Å². The molecule has 0 saturated carbocycles. The normalized spacial score (nSPS) is 18.7. The first-order valence-corrected chi connectivity index (χ1v) is 9.80. The summed E-state index contributed by atoms with van der Waals surface area (Å²) in [7, 11) is 0. The van der Waals surface area contributed by atoms with E-state index in [9.17, 15) is 18.8 Å². The Bertz CT molecular complexity index is 787. The Morgan fingerprint density at radius 1 is 1.20 bits per heavy atom. The molecule has 4 amide bonds. The Kier molecular flexibility index (Phi) is 7.28. The van der Waals surface area contributed by atoms with Crippen molar-refractivity contribution in [2.24, 2.45) is 0 Å². The fraction of sp³-hybridized carbons (Fsp3) is 0.526. The summed E-state index contributed by atoms with van der Waals surface area (Å²) in [6, 6.07) is 4.22. The Labute approximate surface area is 173 Å². The van der Waals surface area contributed by atoms with Gasteiger partial charge in [0.2, 0.25) is 5.91 Å². The number of amides is 4. The number of halogens is 1. The van der Waals surface area contributed by atoms with Gasteiger partial charge in [0.25, 0.3) is 0 Å². The molecule has 2 fully saturated rings. The second-order valence-electron chi connectivity index (χ2n) is 6.98. The molecule has 164 valence electrons. The van der Waals surface area contributed by atoms with Gasteiger partial charge in [-0.3, -0.25) is 9.69 Å². The van der Waals surface area contributed by atoms with E-state index < -0.39 is 18.0 Å². The molecule has 2 saturated heterocycles. The molecule has 0 radical (unpaired) electrons. The molecule has 10 nitrogen and oxygen atoms in total. The average molecular weight is 423 g/mol. The van der Waals surface area contributed by atoms with Gasteiger partial charge in [-0.25, -0.2) is 14.0 Å². The second kappa shape index (κ2) is 10.1. The van der Waals surface area contributed by atoms with Crippen molar-refractivity contribution in [3.63, 3.8) is 0 Å². The number of ether oxygens (including phenoxy) is 2. The quantitative estimate of drug-likeness (QED) is 0.558. The summed E-state index contributed by atoms with van der Waals surface area (Å²) >= 11 is 0. The molecule has 0 bridgehead atoms. The highest BCUT2D eigenvalue weighted by atomic mass is 19.1. The number of carbonyl (C=O) groups is 3. The lowest BCUT2D eigenvalue weighted by molar-refractivity contribution is -0.119. The number of anilines is 2. The van der Waals surface area contributed by atoms with Crippen LogP contribution in [0.2, 0.25) is 0 Å². The number of carbonyl (C=O) groups excluding carboxylic acids is 3. The SMILES string of the molecule is CC(=O)NC[C@H]1CN(c2ccc(NCCNC(=O)N3CCOCC3)c(F)c2)C(=O)O1. The van der Waals surface area contributed by atoms with Gasteiger partial charge in [0, 0.05) is 33.1 Å². The van der Waals surface area contributed by atoms with Crippen molar-refractivity contribution in [2.75, 3.05) is 62.7 Å². The van der Waals surface area contributed by atoms with Crippen LogP contribution in [0.25, 0.3) is 0 Å². The Morgan fingerprint density at radius 3 is 2.67 bits per heavy atom. The summed E-state index contributed by atoms with van der Waals surface area (Å²) < 4.78 is 24.8. The molecule has 3 N–H and O–H groups in total. The lowest BCUT2D eigenvalue weighted by Gasteiger charge is -2.27. The number of benzene rings is 1. The van der Waals surface area contributed by atoms with E-state index in [-0.39, 0.29) is 30.7 Å². The summed E-state index contributed by atoms with van der Waals surface area (Å²) in [5.41, 5.74) is 0.635. The van der Waals surface area contributed by atoms with Crippen LogP contribution in [-0.4, -0.2) is 81.5 Å². The van der Waals surface area contributed by atoms with Gasteiger partial charge in [-0.05, 0) is 18.2 Å². The second-order valence-corrected chi connectivity index (χ2v) is 6.98. The van der Waals surface area contributed by atoms with Crippen molar-refractivity contribution in [3.05, 3.63) is 24.0 Å². The molecule has 1 aromatic carbocycles. The monoisotopic (exact) mass is 423 g/mol. The lowest BCUT2D eigenvalue weighted by atomic mass is 10.2. The van der Waals surface area contributed by atoms with E-state index in [1.165, 1.54) is 24.0 Å². The molecule has 11 heteroatoms. The van der Waals surface area contributed by atoms with Crippen LogP contribution in [0, 0.1) is 5.82 Å². The van der Waals surface area contributed by atoms with Crippen molar-refractivity contribution < 1.29 is 28.2 Å². The Hall–Kier alpha value is -3.08. The molecule has 3 rings (SSSR count). The minimum absolute atomic E-state index is 0.169. The van der Waals surface area contributed by atoms with Crippen LogP contribution in [0.5, 0.6) is 0 Å². The maximum atomic E-state index is 14.5. The van der Waals surface area contributed by atoms with E-state index >= 15 is 0 Å². The zero-order valence-electron chi connectivity index (χ0n) is 16.8. The standard InChI is InChI=1S/C19H26FN5O5/c1-13(26)23-11-15-12-25(19(28)30-15)14-2-3-17(16(20)10-14)21-4-5-22-18(27)24-6-8-29-9-7-24/h2-3,10,15,21H,4-9,11-12H2,1H3,(H,22,27)(H,23,26)/t15-/m0/s1. The van der Waals surface area contributed by atoms with E-state index in [1.54, 1.807) is 11.0 Å². The van der Waals surface area contributed by atoms with Crippen LogP contribution in [0.1, 0.15) is 6.92 Å². The molecule has 0 aromatic heterocycles. The van der Waals surface area contributed by atoms with Gasteiger partial charge in [-0.15, -0.1) is 0 Å². The molecule has 2 heterocycles. The van der Waals surface area contributed by atoms with Crippen LogP contribution in [0.3, 0.4) is 0 Å². The summed E-state index contributed by atoms with van der Waals surface area (Å²) in [5, 5.41) is 8.29. The summed E-state index contributed by atoms with van der Waals surface area (Å²) in [6.07, 6.45) is -1.08. The first kappa shape index (κ1) is 21.6. The lowest BCUT2D eigenvalue weighted by Crippen LogP contribution is -2.47. The van der Waals surface area contributed by atoms with Gasteiger partial charge in [-0.1, -0.05) is 0 Å². The Morgan fingerprint density at radius 2 is 1.97 bits per heavy atom. The number of nitrogens with one attached hydrogen (secondary N) is 3. The highest BCUT2D eigenvalue weighted by Gasteiger charge is 2.32. The molecular weight excluding hydrogens is 397 g/mol. The third-order valence-electron chi connectivity index (χ3n) is 4.73. The fourth-order valence-corrected chi connectivity index (χ4v) is 3.16. The number of morpholine rings is 1. The molecule has 0 aliphatic carbocycles. The van der Waals surface area contributed by atoms with Crippen LogP contribution in [0.15, 0.2) is 18.2 Å². The fourth-order valence-electron chi connectivity index (χ4n) is 3.16. The minimum Gasteiger partial charge on any atom is -0.442 e. The average Bonchev–Trinajstić information content (AvgIpc) is 3.11. The molecule has 1 atom stereocenters. The molecular formula is C19H26FN5O5. The van der Waals surface area contributed by atoms with Gasteiger partial charge < -0.3 is 30.3 Å². The van der Waals surface area contributed by atoms with E-state index in [4.69, 9.17) is 9.47 Å². The van der Waals surface area contributed by atoms with Gasteiger partial charge in [0.15, 0.2) is 0 Å². The van der Waals surface area contributed by atoms with Gasteiger partial charge in [0.1, 0.15) is 11.9 Å². The zero-order valence-corrected chi connectivity index (χ0v) is 16.8. The number of rotatable bonds is 7. The predicted molar refractivity (Wildman–Crippen MR) is 107 cm³/mol. The van der Waals surface area contributed by atoms with Gasteiger partial charge in [0.05, 0.1) is 37.7 Å². The summed E-state index contributed by atoms with van der Waals surface area (Å²) in [4.78, 5) is 38.0. The van der Waals surface area contributed by atoms with Crippen molar-refractivity contribution in [1.29, 1.82) is 0 Å². The molecule has 2 aliphatic rings. The summed E-state index contributed by atoms with van der Waals surface area (Å²) in [6.45, 7) is 4.65. The first-order valence-electron chi connectivity index (χ1n) is 9.80. The molecule has 0 unspecified atom stereocenters. The molecule has 2 aliphatic heterocycles. The van der Waals surface area contributed by atoms with E-state index in [0.29, 0.717) is 45.1 Å². The number of hydrogen-bond donors (Lipinski definition) is 3. The highest BCUT2D eigenvalue weighted by molar-refractivity contribution is 5.90. The number of cyclic esters (lactones) is 1. The molecule has 0 spiro atoms. The molecule has 30 heavy (non-hydrogen) atoms. The maximum absolute atomic E-state index is 14.5. The predicted octanol–water partition coefficient (Wildman–Crippen LogP) is 0.741. The first-order chi connectivity index (χ1) is 14.4. The third kappa shape index (κ3) is 5.72. The highest BCUT2D eigenvalue weighted by Crippen LogP contribution is 2.25. The smallest absolute Gasteiger partial charge is 0.414 e. The van der Waals surface area contributed by atoms with E-state index in [0.717, 1.165) is 0 Å². The maximum Gasteiger partial charge on any atom is 0.414 e. The van der Waals surface area contributed by atoms with Crippen LogP contribution >= 0.6 is 0 Å².